The van der Waals surface area contributed by atoms with Crippen LogP contribution in [0.25, 0.3) is 0 Å². The van der Waals surface area contributed by atoms with Crippen LogP contribution in [-0.4, -0.2) is 19.6 Å². The highest BCUT2D eigenvalue weighted by molar-refractivity contribution is 6.33. The zero-order chi connectivity index (χ0) is 15.2. The van der Waals surface area contributed by atoms with Gasteiger partial charge in [0.15, 0.2) is 6.61 Å². The van der Waals surface area contributed by atoms with Crippen molar-refractivity contribution in [2.24, 2.45) is 0 Å². The Morgan fingerprint density at radius 3 is 2.52 bits per heavy atom. The molecule has 0 radical (unpaired) electrons. The van der Waals surface area contributed by atoms with Crippen LogP contribution in [0.2, 0.25) is 5.02 Å². The van der Waals surface area contributed by atoms with Crippen LogP contribution in [0.3, 0.4) is 0 Å². The molecule has 0 saturated heterocycles. The van der Waals surface area contributed by atoms with Gasteiger partial charge in [0.25, 0.3) is 5.91 Å². The van der Waals surface area contributed by atoms with Gasteiger partial charge in [0.05, 0.1) is 17.8 Å². The van der Waals surface area contributed by atoms with Crippen LogP contribution in [0.4, 0.5) is 11.4 Å². The zero-order valence-corrected chi connectivity index (χ0v) is 12.2. The first-order valence-corrected chi connectivity index (χ1v) is 6.58. The number of nitrogen functional groups attached to an aromatic ring is 1. The summed E-state index contributed by atoms with van der Waals surface area (Å²) in [6.45, 7) is -0.128. The first-order chi connectivity index (χ1) is 10.1. The Morgan fingerprint density at radius 1 is 1.19 bits per heavy atom. The van der Waals surface area contributed by atoms with Crippen molar-refractivity contribution in [3.05, 3.63) is 47.5 Å². The van der Waals surface area contributed by atoms with Gasteiger partial charge >= 0.3 is 0 Å². The molecule has 2 rings (SSSR count). The third-order valence-electron chi connectivity index (χ3n) is 2.69. The van der Waals surface area contributed by atoms with Gasteiger partial charge in [-0.1, -0.05) is 11.6 Å². The summed E-state index contributed by atoms with van der Waals surface area (Å²) in [5.41, 5.74) is 6.62. The molecule has 0 spiro atoms. The summed E-state index contributed by atoms with van der Waals surface area (Å²) < 4.78 is 10.4. The number of halogens is 1. The van der Waals surface area contributed by atoms with Crippen molar-refractivity contribution in [2.45, 2.75) is 0 Å². The zero-order valence-electron chi connectivity index (χ0n) is 11.4. The molecule has 3 N–H and O–H groups in total. The van der Waals surface area contributed by atoms with E-state index in [0.717, 1.165) is 5.75 Å². The topological polar surface area (TPSA) is 73.6 Å². The number of anilines is 2. The van der Waals surface area contributed by atoms with Crippen LogP contribution in [0.15, 0.2) is 42.5 Å². The number of ether oxygens (including phenoxy) is 2. The number of carbonyl (C=O) groups is 1. The van der Waals surface area contributed by atoms with E-state index in [4.69, 9.17) is 26.8 Å². The minimum absolute atomic E-state index is 0.128. The quantitative estimate of drug-likeness (QED) is 0.833. The molecule has 0 bridgehead atoms. The summed E-state index contributed by atoms with van der Waals surface area (Å²) in [7, 11) is 1.58. The summed E-state index contributed by atoms with van der Waals surface area (Å²) in [4.78, 5) is 11.8. The van der Waals surface area contributed by atoms with Gasteiger partial charge in [-0.05, 0) is 42.5 Å². The van der Waals surface area contributed by atoms with E-state index >= 15 is 0 Å². The van der Waals surface area contributed by atoms with Gasteiger partial charge in [-0.15, -0.1) is 0 Å². The molecule has 5 nitrogen and oxygen atoms in total. The highest BCUT2D eigenvalue weighted by Gasteiger charge is 2.07. The Labute approximate surface area is 127 Å². The Hall–Kier alpha value is -2.40. The molecular weight excluding hydrogens is 292 g/mol. The fraction of sp³-hybridized carbons (Fsp3) is 0.133. The average Bonchev–Trinajstić information content (AvgIpc) is 2.49. The molecule has 110 valence electrons. The van der Waals surface area contributed by atoms with Crippen molar-refractivity contribution in [3.63, 3.8) is 0 Å². The van der Waals surface area contributed by atoms with E-state index in [2.05, 4.69) is 5.32 Å². The van der Waals surface area contributed by atoms with Crippen LogP contribution in [0.1, 0.15) is 0 Å². The molecule has 0 aliphatic carbocycles. The summed E-state index contributed by atoms with van der Waals surface area (Å²) in [5, 5.41) is 3.06. The third kappa shape index (κ3) is 4.29. The molecule has 0 atom stereocenters. The van der Waals surface area contributed by atoms with Crippen LogP contribution in [-0.2, 0) is 4.79 Å². The SMILES string of the molecule is COc1ccc(OCC(=O)Nc2cc(N)ccc2Cl)cc1. The molecule has 1 amide bonds. The van der Waals surface area contributed by atoms with Crippen LogP contribution < -0.4 is 20.5 Å². The lowest BCUT2D eigenvalue weighted by atomic mass is 10.3. The number of hydrogen-bond donors (Lipinski definition) is 2. The van der Waals surface area contributed by atoms with Crippen molar-refractivity contribution in [3.8, 4) is 11.5 Å². The van der Waals surface area contributed by atoms with Crippen molar-refractivity contribution in [1.82, 2.24) is 0 Å². The number of nitrogens with one attached hydrogen (secondary N) is 1. The number of nitrogens with two attached hydrogens (primary N) is 1. The van der Waals surface area contributed by atoms with Crippen molar-refractivity contribution < 1.29 is 14.3 Å². The molecular formula is C15H15ClN2O3. The van der Waals surface area contributed by atoms with Crippen LogP contribution >= 0.6 is 11.6 Å². The fourth-order valence-corrected chi connectivity index (χ4v) is 1.81. The number of rotatable bonds is 5. The lowest BCUT2D eigenvalue weighted by Crippen LogP contribution is -2.20. The van der Waals surface area contributed by atoms with E-state index in [1.54, 1.807) is 49.6 Å². The Balaban J connectivity index is 1.91. The third-order valence-corrected chi connectivity index (χ3v) is 3.02. The van der Waals surface area contributed by atoms with Crippen molar-refractivity contribution >= 4 is 28.9 Å². The second-order valence-corrected chi connectivity index (χ2v) is 4.66. The fourth-order valence-electron chi connectivity index (χ4n) is 1.65. The molecule has 2 aromatic carbocycles. The summed E-state index contributed by atoms with van der Waals surface area (Å²) in [6, 6.07) is 11.8. The number of amides is 1. The second kappa shape index (κ2) is 6.85. The number of benzene rings is 2. The minimum atomic E-state index is -0.321. The van der Waals surface area contributed by atoms with E-state index in [1.165, 1.54) is 0 Å². The highest BCUT2D eigenvalue weighted by atomic mass is 35.5. The van der Waals surface area contributed by atoms with Gasteiger partial charge < -0.3 is 20.5 Å². The maximum atomic E-state index is 11.8. The Bertz CT molecular complexity index is 629. The molecule has 6 heteroatoms. The molecule has 0 aromatic heterocycles. The normalized spacial score (nSPS) is 10.0. The predicted molar refractivity (Wildman–Crippen MR) is 83.0 cm³/mol. The highest BCUT2D eigenvalue weighted by Crippen LogP contribution is 2.24. The number of carbonyl (C=O) groups excluding carboxylic acids is 1. The van der Waals surface area contributed by atoms with Gasteiger partial charge in [-0.3, -0.25) is 4.79 Å². The van der Waals surface area contributed by atoms with Gasteiger partial charge in [0.1, 0.15) is 11.5 Å². The van der Waals surface area contributed by atoms with Crippen molar-refractivity contribution in [1.29, 1.82) is 0 Å². The maximum absolute atomic E-state index is 11.8. The molecule has 0 aliphatic rings. The largest absolute Gasteiger partial charge is 0.497 e. The van der Waals surface area contributed by atoms with Crippen LogP contribution in [0.5, 0.6) is 11.5 Å². The summed E-state index contributed by atoms with van der Waals surface area (Å²) in [6.07, 6.45) is 0. The molecule has 0 heterocycles. The van der Waals surface area contributed by atoms with Gasteiger partial charge in [-0.2, -0.15) is 0 Å². The van der Waals surface area contributed by atoms with E-state index in [-0.39, 0.29) is 12.5 Å². The smallest absolute Gasteiger partial charge is 0.262 e. The number of hydrogen-bond acceptors (Lipinski definition) is 4. The minimum Gasteiger partial charge on any atom is -0.497 e. The van der Waals surface area contributed by atoms with Gasteiger partial charge in [0, 0.05) is 5.69 Å². The maximum Gasteiger partial charge on any atom is 0.262 e. The lowest BCUT2D eigenvalue weighted by Gasteiger charge is -2.09. The number of methoxy groups -OCH3 is 1. The molecule has 0 saturated carbocycles. The molecule has 21 heavy (non-hydrogen) atoms. The van der Waals surface area contributed by atoms with Crippen LogP contribution in [0, 0.1) is 0 Å². The lowest BCUT2D eigenvalue weighted by molar-refractivity contribution is -0.118. The van der Waals surface area contributed by atoms with Crippen molar-refractivity contribution in [2.75, 3.05) is 24.8 Å². The Morgan fingerprint density at radius 2 is 1.86 bits per heavy atom. The predicted octanol–water partition coefficient (Wildman–Crippen LogP) is 2.95. The molecule has 0 fully saturated rings. The summed E-state index contributed by atoms with van der Waals surface area (Å²) in [5.74, 6) is 0.973. The summed E-state index contributed by atoms with van der Waals surface area (Å²) >= 11 is 5.97. The molecule has 2 aromatic rings. The van der Waals surface area contributed by atoms with E-state index in [9.17, 15) is 4.79 Å². The van der Waals surface area contributed by atoms with E-state index < -0.39 is 0 Å². The second-order valence-electron chi connectivity index (χ2n) is 4.25. The molecule has 0 aliphatic heterocycles. The average molecular weight is 307 g/mol. The first-order valence-electron chi connectivity index (χ1n) is 6.20. The van der Waals surface area contributed by atoms with Gasteiger partial charge in [0.2, 0.25) is 0 Å². The molecule has 0 unspecified atom stereocenters. The first kappa shape index (κ1) is 15.0. The monoisotopic (exact) mass is 306 g/mol. The van der Waals surface area contributed by atoms with E-state index in [1.807, 2.05) is 0 Å². The van der Waals surface area contributed by atoms with E-state index in [0.29, 0.717) is 22.1 Å². The standard InChI is InChI=1S/C15H15ClN2O3/c1-20-11-3-5-12(6-4-11)21-9-15(19)18-14-8-10(17)2-7-13(14)16/h2-8H,9,17H2,1H3,(H,18,19). The van der Waals surface area contributed by atoms with Gasteiger partial charge in [-0.25, -0.2) is 0 Å². The Kier molecular flexibility index (Phi) is 4.90.